The van der Waals surface area contributed by atoms with Crippen LogP contribution in [0.4, 0.5) is 10.5 Å². The van der Waals surface area contributed by atoms with Crippen LogP contribution in [0.1, 0.15) is 21.5 Å². The zero-order chi connectivity index (χ0) is 25.6. The van der Waals surface area contributed by atoms with Gasteiger partial charge in [-0.3, -0.25) is 4.79 Å². The second-order valence-corrected chi connectivity index (χ2v) is 8.48. The van der Waals surface area contributed by atoms with Crippen molar-refractivity contribution in [2.45, 2.75) is 13.2 Å². The van der Waals surface area contributed by atoms with Gasteiger partial charge < -0.3 is 30.3 Å². The fourth-order valence-electron chi connectivity index (χ4n) is 3.34. The molecule has 0 atom stereocenters. The van der Waals surface area contributed by atoms with Crippen molar-refractivity contribution in [1.29, 1.82) is 0 Å². The molecule has 0 aliphatic rings. The zero-order valence-corrected chi connectivity index (χ0v) is 20.8. The Bertz CT molecular complexity index is 1110. The van der Waals surface area contributed by atoms with Gasteiger partial charge in [0.1, 0.15) is 12.4 Å². The smallest absolute Gasteiger partial charge is 0.319 e. The van der Waals surface area contributed by atoms with Crippen molar-refractivity contribution >= 4 is 17.6 Å². The van der Waals surface area contributed by atoms with Crippen LogP contribution in [0, 0.1) is 0 Å². The maximum atomic E-state index is 12.4. The fraction of sp³-hybridized carbons (Fsp3) is 0.286. The summed E-state index contributed by atoms with van der Waals surface area (Å²) in [7, 11) is 3.91. The molecule has 8 nitrogen and oxygen atoms in total. The lowest BCUT2D eigenvalue weighted by atomic mass is 10.1. The van der Waals surface area contributed by atoms with Gasteiger partial charge in [0.25, 0.3) is 5.91 Å². The predicted octanol–water partition coefficient (Wildman–Crippen LogP) is 3.90. The molecule has 36 heavy (non-hydrogen) atoms. The third-order valence-corrected chi connectivity index (χ3v) is 5.18. The van der Waals surface area contributed by atoms with E-state index in [2.05, 4.69) is 16.0 Å². The van der Waals surface area contributed by atoms with Crippen LogP contribution in [0.15, 0.2) is 78.9 Å². The highest BCUT2D eigenvalue weighted by atomic mass is 16.5. The Kier molecular flexibility index (Phi) is 10.8. The van der Waals surface area contributed by atoms with E-state index >= 15 is 0 Å². The van der Waals surface area contributed by atoms with E-state index in [1.165, 1.54) is 0 Å². The number of para-hydroxylation sites is 1. The molecule has 0 aliphatic heterocycles. The average molecular weight is 491 g/mol. The Morgan fingerprint density at radius 1 is 0.833 bits per heavy atom. The first kappa shape index (κ1) is 26.7. The highest BCUT2D eigenvalue weighted by molar-refractivity contribution is 5.94. The molecular formula is C28H34N4O4. The van der Waals surface area contributed by atoms with Crippen LogP contribution in [0.3, 0.4) is 0 Å². The quantitative estimate of drug-likeness (QED) is 0.316. The summed E-state index contributed by atoms with van der Waals surface area (Å²) in [5.41, 5.74) is 3.02. The lowest BCUT2D eigenvalue weighted by Gasteiger charge is -2.12. The maximum absolute atomic E-state index is 12.4. The van der Waals surface area contributed by atoms with E-state index in [0.29, 0.717) is 44.2 Å². The molecule has 3 N–H and O–H groups in total. The molecule has 0 spiro atoms. The van der Waals surface area contributed by atoms with Crippen molar-refractivity contribution in [3.05, 3.63) is 95.6 Å². The highest BCUT2D eigenvalue weighted by Gasteiger charge is 2.08. The monoisotopic (exact) mass is 490 g/mol. The van der Waals surface area contributed by atoms with Crippen molar-refractivity contribution in [2.24, 2.45) is 0 Å². The van der Waals surface area contributed by atoms with Crippen molar-refractivity contribution in [2.75, 3.05) is 45.7 Å². The van der Waals surface area contributed by atoms with E-state index in [1.807, 2.05) is 85.7 Å². The molecule has 3 aromatic rings. The number of carbonyl (C=O) groups is 2. The number of benzene rings is 3. The van der Waals surface area contributed by atoms with Crippen LogP contribution in [0.5, 0.6) is 5.75 Å². The molecule has 0 saturated carbocycles. The molecule has 0 heterocycles. The van der Waals surface area contributed by atoms with Gasteiger partial charge >= 0.3 is 6.03 Å². The molecule has 0 aromatic heterocycles. The largest absolute Gasteiger partial charge is 0.491 e. The number of hydrogen-bond acceptors (Lipinski definition) is 5. The lowest BCUT2D eigenvalue weighted by molar-refractivity contribution is 0.0889. The van der Waals surface area contributed by atoms with Gasteiger partial charge in [0.05, 0.1) is 13.2 Å². The van der Waals surface area contributed by atoms with Crippen LogP contribution in [-0.2, 0) is 17.9 Å². The minimum Gasteiger partial charge on any atom is -0.491 e. The normalized spacial score (nSPS) is 10.6. The van der Waals surface area contributed by atoms with Crippen LogP contribution >= 0.6 is 0 Å². The highest BCUT2D eigenvalue weighted by Crippen LogP contribution is 2.12. The van der Waals surface area contributed by atoms with E-state index in [1.54, 1.807) is 12.1 Å². The second kappa shape index (κ2) is 14.5. The zero-order valence-electron chi connectivity index (χ0n) is 20.8. The number of nitrogens with one attached hydrogen (secondary N) is 3. The first-order chi connectivity index (χ1) is 17.5. The van der Waals surface area contributed by atoms with Gasteiger partial charge in [-0.25, -0.2) is 4.79 Å². The average Bonchev–Trinajstić information content (AvgIpc) is 2.88. The third-order valence-electron chi connectivity index (χ3n) is 5.18. The number of urea groups is 1. The van der Waals surface area contributed by atoms with E-state index in [9.17, 15) is 9.59 Å². The van der Waals surface area contributed by atoms with Crippen LogP contribution in [-0.4, -0.2) is 57.2 Å². The SMILES string of the molecule is CN(C)CCNC(=O)c1cccc(CNC(=O)Nc2cccc(COCCOc3ccccc3)c2)c1. The van der Waals surface area contributed by atoms with Gasteiger partial charge in [-0.05, 0) is 61.6 Å². The molecule has 0 unspecified atom stereocenters. The standard InChI is InChI=1S/C28H34N4O4/c1-32(2)15-14-29-27(33)24-10-6-8-22(18-24)20-30-28(34)31-25-11-7-9-23(19-25)21-35-16-17-36-26-12-4-3-5-13-26/h3-13,18-19H,14-17,20-21H2,1-2H3,(H,29,33)(H2,30,31,34). The minimum atomic E-state index is -0.329. The Morgan fingerprint density at radius 2 is 1.61 bits per heavy atom. The Balaban J connectivity index is 1.39. The molecule has 190 valence electrons. The molecule has 3 rings (SSSR count). The maximum Gasteiger partial charge on any atom is 0.319 e. The molecular weight excluding hydrogens is 456 g/mol. The van der Waals surface area contributed by atoms with E-state index in [-0.39, 0.29) is 11.9 Å². The Hall–Kier alpha value is -3.88. The number of likely N-dealkylation sites (N-methyl/N-ethyl adjacent to an activating group) is 1. The first-order valence-corrected chi connectivity index (χ1v) is 11.9. The van der Waals surface area contributed by atoms with Gasteiger partial charge in [0.15, 0.2) is 0 Å². The van der Waals surface area contributed by atoms with Gasteiger partial charge in [0, 0.05) is 30.9 Å². The van der Waals surface area contributed by atoms with Gasteiger partial charge in [-0.15, -0.1) is 0 Å². The molecule has 8 heteroatoms. The number of hydrogen-bond donors (Lipinski definition) is 3. The summed E-state index contributed by atoms with van der Waals surface area (Å²) in [4.78, 5) is 26.7. The number of ether oxygens (including phenoxy) is 2. The van der Waals surface area contributed by atoms with Crippen molar-refractivity contribution in [1.82, 2.24) is 15.5 Å². The summed E-state index contributed by atoms with van der Waals surface area (Å²) in [5, 5.41) is 8.56. The minimum absolute atomic E-state index is 0.131. The van der Waals surface area contributed by atoms with Gasteiger partial charge in [-0.1, -0.05) is 42.5 Å². The number of carbonyl (C=O) groups excluding carboxylic acids is 2. The second-order valence-electron chi connectivity index (χ2n) is 8.48. The van der Waals surface area contributed by atoms with Crippen molar-refractivity contribution in [3.8, 4) is 5.75 Å². The molecule has 0 bridgehead atoms. The summed E-state index contributed by atoms with van der Waals surface area (Å²) in [6.07, 6.45) is 0. The van der Waals surface area contributed by atoms with E-state index in [0.717, 1.165) is 23.4 Å². The molecule has 0 fully saturated rings. The number of anilines is 1. The van der Waals surface area contributed by atoms with Crippen molar-refractivity contribution in [3.63, 3.8) is 0 Å². The summed E-state index contributed by atoms with van der Waals surface area (Å²) in [5.74, 6) is 0.683. The molecule has 3 amide bonds. The summed E-state index contributed by atoms with van der Waals surface area (Å²) < 4.78 is 11.3. The van der Waals surface area contributed by atoms with Crippen molar-refractivity contribution < 1.29 is 19.1 Å². The molecule has 3 aromatic carbocycles. The summed E-state index contributed by atoms with van der Waals surface area (Å²) in [6.45, 7) is 2.97. The van der Waals surface area contributed by atoms with Crippen LogP contribution in [0.25, 0.3) is 0 Å². The number of rotatable bonds is 13. The predicted molar refractivity (Wildman–Crippen MR) is 141 cm³/mol. The van der Waals surface area contributed by atoms with Gasteiger partial charge in [0.2, 0.25) is 0 Å². The molecule has 0 aliphatic carbocycles. The Morgan fingerprint density at radius 3 is 2.42 bits per heavy atom. The summed E-state index contributed by atoms with van der Waals surface area (Å²) >= 11 is 0. The number of nitrogens with zero attached hydrogens (tertiary/aromatic N) is 1. The first-order valence-electron chi connectivity index (χ1n) is 11.9. The lowest BCUT2D eigenvalue weighted by Crippen LogP contribution is -2.31. The van der Waals surface area contributed by atoms with Crippen LogP contribution in [0.2, 0.25) is 0 Å². The number of amides is 3. The van der Waals surface area contributed by atoms with E-state index < -0.39 is 0 Å². The third kappa shape index (κ3) is 9.77. The van der Waals surface area contributed by atoms with Gasteiger partial charge in [-0.2, -0.15) is 0 Å². The topological polar surface area (TPSA) is 91.9 Å². The Labute approximate surface area is 212 Å². The summed E-state index contributed by atoms with van der Waals surface area (Å²) in [6, 6.07) is 24.0. The fourth-order valence-corrected chi connectivity index (χ4v) is 3.34. The van der Waals surface area contributed by atoms with Crippen LogP contribution < -0.4 is 20.7 Å². The molecule has 0 saturated heterocycles. The van der Waals surface area contributed by atoms with E-state index in [4.69, 9.17) is 9.47 Å². The molecule has 0 radical (unpaired) electrons.